The summed E-state index contributed by atoms with van der Waals surface area (Å²) in [6, 6.07) is 7.50. The van der Waals surface area contributed by atoms with Crippen LogP contribution in [0.25, 0.3) is 0 Å². The van der Waals surface area contributed by atoms with Gasteiger partial charge in [-0.3, -0.25) is 14.4 Å². The van der Waals surface area contributed by atoms with Crippen LogP contribution in [0.1, 0.15) is 22.3 Å². The molecule has 138 valence electrons. The summed E-state index contributed by atoms with van der Waals surface area (Å²) in [6.07, 6.45) is 0.234. The van der Waals surface area contributed by atoms with Crippen LogP contribution >= 0.6 is 0 Å². The van der Waals surface area contributed by atoms with E-state index in [9.17, 15) is 19.5 Å². The SMILES string of the molecule is CN1C[C@H]2CN(C(=O)CCN3Cc4ccccc4C3=O)C[C@@]2(C(=O)O)C1. The Balaban J connectivity index is 1.37. The summed E-state index contributed by atoms with van der Waals surface area (Å²) in [6.45, 7) is 2.85. The van der Waals surface area contributed by atoms with Gasteiger partial charge in [0.05, 0.1) is 0 Å². The van der Waals surface area contributed by atoms with Gasteiger partial charge in [0.1, 0.15) is 5.41 Å². The summed E-state index contributed by atoms with van der Waals surface area (Å²) >= 11 is 0. The van der Waals surface area contributed by atoms with Crippen molar-refractivity contribution in [2.45, 2.75) is 13.0 Å². The second kappa shape index (κ2) is 6.09. The second-order valence-corrected chi connectivity index (χ2v) is 7.76. The van der Waals surface area contributed by atoms with Gasteiger partial charge in [-0.2, -0.15) is 0 Å². The number of hydrogen-bond donors (Lipinski definition) is 1. The highest BCUT2D eigenvalue weighted by Crippen LogP contribution is 2.42. The molecule has 7 heteroatoms. The van der Waals surface area contributed by atoms with Crippen molar-refractivity contribution in [3.05, 3.63) is 35.4 Å². The summed E-state index contributed by atoms with van der Waals surface area (Å²) in [4.78, 5) is 42.3. The van der Waals surface area contributed by atoms with Gasteiger partial charge >= 0.3 is 5.97 Å². The smallest absolute Gasteiger partial charge is 0.313 e. The Morgan fingerprint density at radius 2 is 2.00 bits per heavy atom. The van der Waals surface area contributed by atoms with Crippen LogP contribution in [0.2, 0.25) is 0 Å². The second-order valence-electron chi connectivity index (χ2n) is 7.76. The molecule has 2 saturated heterocycles. The number of carboxylic acids is 1. The maximum absolute atomic E-state index is 12.6. The molecule has 26 heavy (non-hydrogen) atoms. The molecule has 1 N–H and O–H groups in total. The molecular formula is C19H23N3O4. The lowest BCUT2D eigenvalue weighted by Gasteiger charge is -2.24. The number of carbonyl (C=O) groups excluding carboxylic acids is 2. The van der Waals surface area contributed by atoms with Crippen molar-refractivity contribution in [3.8, 4) is 0 Å². The fourth-order valence-electron chi connectivity index (χ4n) is 4.69. The molecule has 3 aliphatic heterocycles. The minimum absolute atomic E-state index is 0.0216. The van der Waals surface area contributed by atoms with Crippen LogP contribution < -0.4 is 0 Å². The largest absolute Gasteiger partial charge is 0.481 e. The molecule has 0 radical (unpaired) electrons. The Bertz CT molecular complexity index is 780. The lowest BCUT2D eigenvalue weighted by atomic mass is 9.81. The minimum Gasteiger partial charge on any atom is -0.481 e. The predicted octanol–water partition coefficient (Wildman–Crippen LogP) is 0.507. The Morgan fingerprint density at radius 1 is 1.23 bits per heavy atom. The highest BCUT2D eigenvalue weighted by atomic mass is 16.4. The summed E-state index contributed by atoms with van der Waals surface area (Å²) < 4.78 is 0. The van der Waals surface area contributed by atoms with Gasteiger partial charge in [-0.1, -0.05) is 18.2 Å². The first-order valence-corrected chi connectivity index (χ1v) is 8.97. The summed E-state index contributed by atoms with van der Waals surface area (Å²) in [7, 11) is 1.92. The number of likely N-dealkylation sites (tertiary alicyclic amines) is 2. The fraction of sp³-hybridized carbons (Fsp3) is 0.526. The maximum Gasteiger partial charge on any atom is 0.313 e. The van der Waals surface area contributed by atoms with Gasteiger partial charge in [-0.05, 0) is 18.7 Å². The Labute approximate surface area is 152 Å². The normalized spacial score (nSPS) is 27.7. The molecule has 2 amide bonds. The molecule has 3 aliphatic rings. The molecule has 2 fully saturated rings. The van der Waals surface area contributed by atoms with Crippen molar-refractivity contribution in [2.24, 2.45) is 11.3 Å². The number of hydrogen-bond acceptors (Lipinski definition) is 4. The van der Waals surface area contributed by atoms with Gasteiger partial charge in [0.15, 0.2) is 0 Å². The summed E-state index contributed by atoms with van der Waals surface area (Å²) in [5, 5.41) is 9.71. The van der Waals surface area contributed by atoms with Crippen molar-refractivity contribution >= 4 is 17.8 Å². The Kier molecular flexibility index (Phi) is 3.99. The van der Waals surface area contributed by atoms with E-state index in [1.807, 2.05) is 36.2 Å². The lowest BCUT2D eigenvalue weighted by Crippen LogP contribution is -2.42. The number of fused-ring (bicyclic) bond motifs is 2. The third-order valence-electron chi connectivity index (χ3n) is 6.05. The molecule has 0 saturated carbocycles. The van der Waals surface area contributed by atoms with E-state index in [2.05, 4.69) is 0 Å². The number of amides is 2. The van der Waals surface area contributed by atoms with Crippen molar-refractivity contribution in [2.75, 3.05) is 39.8 Å². The highest BCUT2D eigenvalue weighted by molar-refractivity contribution is 5.98. The van der Waals surface area contributed by atoms with Gasteiger partial charge in [-0.15, -0.1) is 0 Å². The summed E-state index contributed by atoms with van der Waals surface area (Å²) in [5.74, 6) is -0.930. The molecule has 0 bridgehead atoms. The van der Waals surface area contributed by atoms with Crippen molar-refractivity contribution in [3.63, 3.8) is 0 Å². The third kappa shape index (κ3) is 2.58. The van der Waals surface area contributed by atoms with E-state index in [1.54, 1.807) is 9.80 Å². The number of carbonyl (C=O) groups is 3. The van der Waals surface area contributed by atoms with Crippen molar-refractivity contribution in [1.29, 1.82) is 0 Å². The minimum atomic E-state index is -0.843. The van der Waals surface area contributed by atoms with Crippen LogP contribution in [0.15, 0.2) is 24.3 Å². The zero-order chi connectivity index (χ0) is 18.5. The van der Waals surface area contributed by atoms with E-state index >= 15 is 0 Å². The molecule has 1 aromatic carbocycles. The number of nitrogens with zero attached hydrogens (tertiary/aromatic N) is 3. The van der Waals surface area contributed by atoms with E-state index in [-0.39, 0.29) is 30.7 Å². The molecule has 0 unspecified atom stereocenters. The van der Waals surface area contributed by atoms with E-state index in [4.69, 9.17) is 0 Å². The molecule has 1 aromatic rings. The van der Waals surface area contributed by atoms with E-state index in [1.165, 1.54) is 0 Å². The van der Waals surface area contributed by atoms with Gasteiger partial charge in [0.25, 0.3) is 5.91 Å². The molecule has 0 spiro atoms. The topological polar surface area (TPSA) is 81.2 Å². The number of carboxylic acid groups (broad SMARTS) is 1. The van der Waals surface area contributed by atoms with Gasteiger partial charge in [0, 0.05) is 57.2 Å². The number of benzene rings is 1. The average Bonchev–Trinajstić information content (AvgIpc) is 3.22. The highest BCUT2D eigenvalue weighted by Gasteiger charge is 2.57. The quantitative estimate of drug-likeness (QED) is 0.849. The first kappa shape index (κ1) is 17.0. The van der Waals surface area contributed by atoms with E-state index in [0.29, 0.717) is 38.3 Å². The van der Waals surface area contributed by atoms with Gasteiger partial charge in [-0.25, -0.2) is 0 Å². The monoisotopic (exact) mass is 357 g/mol. The molecule has 4 rings (SSSR count). The number of rotatable bonds is 4. The van der Waals surface area contributed by atoms with Crippen LogP contribution in [0.4, 0.5) is 0 Å². The van der Waals surface area contributed by atoms with E-state index in [0.717, 1.165) is 5.56 Å². The Morgan fingerprint density at radius 3 is 2.69 bits per heavy atom. The standard InChI is InChI=1S/C19H23N3O4/c1-20-9-14-10-22(12-19(14,11-20)18(25)26)16(23)6-7-21-8-13-4-2-3-5-15(13)17(21)24/h2-5,14H,6-12H2,1H3,(H,25,26)/t14-,19-/m0/s1. The molecule has 0 aliphatic carbocycles. The zero-order valence-corrected chi connectivity index (χ0v) is 14.9. The molecular weight excluding hydrogens is 334 g/mol. The Hall–Kier alpha value is -2.41. The fourth-order valence-corrected chi connectivity index (χ4v) is 4.69. The first-order chi connectivity index (χ1) is 12.4. The lowest BCUT2D eigenvalue weighted by molar-refractivity contribution is -0.149. The molecule has 3 heterocycles. The van der Waals surface area contributed by atoms with Crippen LogP contribution in [-0.4, -0.2) is 77.4 Å². The van der Waals surface area contributed by atoms with Crippen LogP contribution in [0, 0.1) is 11.3 Å². The third-order valence-corrected chi connectivity index (χ3v) is 6.05. The summed E-state index contributed by atoms with van der Waals surface area (Å²) in [5.41, 5.74) is 0.862. The average molecular weight is 357 g/mol. The van der Waals surface area contributed by atoms with Crippen LogP contribution in [-0.2, 0) is 16.1 Å². The van der Waals surface area contributed by atoms with Gasteiger partial charge in [0.2, 0.25) is 5.91 Å². The van der Waals surface area contributed by atoms with Gasteiger partial charge < -0.3 is 19.8 Å². The van der Waals surface area contributed by atoms with E-state index < -0.39 is 11.4 Å². The molecule has 0 aromatic heterocycles. The zero-order valence-electron chi connectivity index (χ0n) is 14.9. The first-order valence-electron chi connectivity index (χ1n) is 8.97. The van der Waals surface area contributed by atoms with Crippen molar-refractivity contribution < 1.29 is 19.5 Å². The van der Waals surface area contributed by atoms with Crippen molar-refractivity contribution in [1.82, 2.24) is 14.7 Å². The molecule has 2 atom stereocenters. The van der Waals surface area contributed by atoms with Crippen LogP contribution in [0.3, 0.4) is 0 Å². The predicted molar refractivity (Wildman–Crippen MR) is 93.4 cm³/mol. The number of aliphatic carboxylic acids is 1. The maximum atomic E-state index is 12.6. The molecule has 7 nitrogen and oxygen atoms in total. The van der Waals surface area contributed by atoms with Crippen LogP contribution in [0.5, 0.6) is 0 Å².